The van der Waals surface area contributed by atoms with Crippen LogP contribution >= 0.6 is 11.3 Å². The Morgan fingerprint density at radius 2 is 1.92 bits per heavy atom. The molecule has 1 amide bonds. The van der Waals surface area contributed by atoms with Crippen LogP contribution in [0.4, 0.5) is 4.39 Å². The van der Waals surface area contributed by atoms with Gasteiger partial charge in [-0.2, -0.15) is 0 Å². The molecule has 2 aromatic heterocycles. The molecule has 0 bridgehead atoms. The number of morpholine rings is 1. The average Bonchev–Trinajstić information content (AvgIpc) is 3.49. The van der Waals surface area contributed by atoms with Gasteiger partial charge in [0, 0.05) is 49.9 Å². The molecule has 2 fully saturated rings. The number of aromatic nitrogens is 2. The molecular formula is C36H38FN5O5S. The van der Waals surface area contributed by atoms with Gasteiger partial charge in [-0.25, -0.2) is 4.39 Å². The van der Waals surface area contributed by atoms with Crippen molar-refractivity contribution in [3.8, 4) is 5.75 Å². The van der Waals surface area contributed by atoms with Crippen LogP contribution in [0.15, 0.2) is 71.7 Å². The highest BCUT2D eigenvalue weighted by atomic mass is 32.1. The summed E-state index contributed by atoms with van der Waals surface area (Å²) in [7, 11) is 0. The van der Waals surface area contributed by atoms with Crippen molar-refractivity contribution >= 4 is 38.4 Å². The summed E-state index contributed by atoms with van der Waals surface area (Å²) in [5.41, 5.74) is 3.73. The fourth-order valence-corrected chi connectivity index (χ4v) is 7.82. The van der Waals surface area contributed by atoms with Crippen LogP contribution in [0.5, 0.6) is 5.75 Å². The van der Waals surface area contributed by atoms with Gasteiger partial charge in [0.15, 0.2) is 0 Å². The standard InChI is InChI=1S/C36H38FN5O5S/c37-27-16-23(7-10-38-20-31(44)28-5-6-30(43)32-33(28)48-35(46)40-32)15-24(17-27)21-41-11-8-36(9-12-41)22-42(13-14-47-36)34(45)26-18-25-3-1-2-4-29(25)39-19-26/h1-6,15-19,31,38,43-44H,7-14,20-22H2,(H,40,46)/t31-/m0/s1. The van der Waals surface area contributed by atoms with Gasteiger partial charge in [0.25, 0.3) is 5.91 Å². The molecule has 1 spiro atoms. The van der Waals surface area contributed by atoms with Crippen molar-refractivity contribution in [2.24, 2.45) is 0 Å². The van der Waals surface area contributed by atoms with Crippen LogP contribution < -0.4 is 10.2 Å². The summed E-state index contributed by atoms with van der Waals surface area (Å²) in [5, 5.41) is 24.9. The minimum absolute atomic E-state index is 0.0219. The summed E-state index contributed by atoms with van der Waals surface area (Å²) in [6.45, 7) is 4.55. The number of thiazole rings is 1. The van der Waals surface area contributed by atoms with Crippen molar-refractivity contribution < 1.29 is 24.1 Å². The zero-order valence-electron chi connectivity index (χ0n) is 26.5. The van der Waals surface area contributed by atoms with Crippen LogP contribution in [-0.2, 0) is 17.7 Å². The summed E-state index contributed by atoms with van der Waals surface area (Å²) in [6, 6.07) is 17.9. The number of phenols is 1. The number of pyridine rings is 1. The highest BCUT2D eigenvalue weighted by Gasteiger charge is 2.41. The number of nitrogens with one attached hydrogen (secondary N) is 2. The number of H-pyrrole nitrogens is 1. The zero-order valence-corrected chi connectivity index (χ0v) is 27.3. The van der Waals surface area contributed by atoms with E-state index in [-0.39, 0.29) is 34.5 Å². The van der Waals surface area contributed by atoms with Crippen LogP contribution in [0.2, 0.25) is 0 Å². The van der Waals surface area contributed by atoms with E-state index < -0.39 is 6.10 Å². The molecule has 0 aliphatic carbocycles. The Hall–Kier alpha value is -4.20. The lowest BCUT2D eigenvalue weighted by Crippen LogP contribution is -2.57. The average molecular weight is 672 g/mol. The molecule has 0 unspecified atom stereocenters. The Bertz CT molecular complexity index is 2010. The fourth-order valence-electron chi connectivity index (χ4n) is 6.90. The summed E-state index contributed by atoms with van der Waals surface area (Å²) in [4.78, 5) is 36.2. The van der Waals surface area contributed by atoms with Crippen molar-refractivity contribution in [1.29, 1.82) is 0 Å². The minimum atomic E-state index is -0.876. The van der Waals surface area contributed by atoms with Crippen molar-refractivity contribution in [1.82, 2.24) is 25.1 Å². The molecule has 5 aromatic rings. The number of aromatic amines is 1. The predicted octanol–water partition coefficient (Wildman–Crippen LogP) is 4.36. The quantitative estimate of drug-likeness (QED) is 0.170. The second kappa shape index (κ2) is 13.7. The molecule has 0 saturated carbocycles. The van der Waals surface area contributed by atoms with Crippen molar-refractivity contribution in [3.05, 3.63) is 105 Å². The molecule has 48 heavy (non-hydrogen) atoms. The van der Waals surface area contributed by atoms with E-state index in [0.29, 0.717) is 60.6 Å². The number of aromatic hydroxyl groups is 1. The maximum absolute atomic E-state index is 14.7. The largest absolute Gasteiger partial charge is 0.506 e. The van der Waals surface area contributed by atoms with Crippen LogP contribution in [0.3, 0.4) is 0 Å². The molecule has 2 aliphatic heterocycles. The highest BCUT2D eigenvalue weighted by molar-refractivity contribution is 7.16. The van der Waals surface area contributed by atoms with Crippen molar-refractivity contribution in [2.75, 3.05) is 45.9 Å². The zero-order chi connectivity index (χ0) is 33.3. The first-order valence-electron chi connectivity index (χ1n) is 16.3. The molecule has 0 radical (unpaired) electrons. The molecule has 7 rings (SSSR count). The Kier molecular flexibility index (Phi) is 9.25. The van der Waals surface area contributed by atoms with Crippen LogP contribution in [0.25, 0.3) is 21.1 Å². The number of aliphatic hydroxyl groups is 1. The first kappa shape index (κ1) is 32.4. The van der Waals surface area contributed by atoms with E-state index in [1.165, 1.54) is 6.07 Å². The van der Waals surface area contributed by atoms with Gasteiger partial charge in [0.2, 0.25) is 0 Å². The van der Waals surface area contributed by atoms with Gasteiger partial charge in [-0.05, 0) is 67.3 Å². The van der Waals surface area contributed by atoms with Gasteiger partial charge in [-0.3, -0.25) is 19.5 Å². The van der Waals surface area contributed by atoms with E-state index in [4.69, 9.17) is 4.74 Å². The normalized spacial score (nSPS) is 17.3. The van der Waals surface area contributed by atoms with Crippen molar-refractivity contribution in [3.63, 3.8) is 0 Å². The highest BCUT2D eigenvalue weighted by Crippen LogP contribution is 2.33. The van der Waals surface area contributed by atoms with E-state index in [1.807, 2.05) is 41.3 Å². The van der Waals surface area contributed by atoms with Crippen LogP contribution in [0, 0.1) is 5.82 Å². The summed E-state index contributed by atoms with van der Waals surface area (Å²) < 4.78 is 21.5. The van der Waals surface area contributed by atoms with E-state index in [1.54, 1.807) is 24.4 Å². The van der Waals surface area contributed by atoms with Gasteiger partial charge in [0.05, 0.1) is 40.6 Å². The summed E-state index contributed by atoms with van der Waals surface area (Å²) in [6.07, 6.45) is 2.93. The number of carbonyl (C=O) groups is 1. The smallest absolute Gasteiger partial charge is 0.305 e. The predicted molar refractivity (Wildman–Crippen MR) is 183 cm³/mol. The van der Waals surface area contributed by atoms with Gasteiger partial charge >= 0.3 is 4.87 Å². The monoisotopic (exact) mass is 671 g/mol. The number of ether oxygens (including phenoxy) is 1. The third-order valence-electron chi connectivity index (χ3n) is 9.44. The molecule has 10 nitrogen and oxygen atoms in total. The summed E-state index contributed by atoms with van der Waals surface area (Å²) in [5.74, 6) is -0.335. The maximum atomic E-state index is 14.7. The number of likely N-dealkylation sites (tertiary alicyclic amines) is 1. The Morgan fingerprint density at radius 3 is 2.77 bits per heavy atom. The second-order valence-electron chi connectivity index (χ2n) is 12.8. The number of aliphatic hydroxyl groups excluding tert-OH is 1. The number of para-hydroxylation sites is 1. The van der Waals surface area contributed by atoms with Crippen LogP contribution in [0.1, 0.15) is 46.0 Å². The number of benzene rings is 3. The van der Waals surface area contributed by atoms with E-state index in [9.17, 15) is 24.2 Å². The fraction of sp³-hybridized carbons (Fsp3) is 0.361. The molecule has 1 atom stereocenters. The van der Waals surface area contributed by atoms with E-state index in [2.05, 4.69) is 20.2 Å². The van der Waals surface area contributed by atoms with E-state index >= 15 is 0 Å². The molecule has 250 valence electrons. The van der Waals surface area contributed by atoms with Gasteiger partial charge < -0.3 is 30.2 Å². The lowest BCUT2D eigenvalue weighted by atomic mass is 9.89. The molecule has 2 aliphatic rings. The number of rotatable bonds is 9. The first-order valence-corrected chi connectivity index (χ1v) is 17.1. The van der Waals surface area contributed by atoms with E-state index in [0.717, 1.165) is 59.3 Å². The number of hydrogen-bond acceptors (Lipinski definition) is 9. The molecule has 4 heterocycles. The van der Waals surface area contributed by atoms with Crippen LogP contribution in [-0.4, -0.2) is 87.4 Å². The number of carbonyl (C=O) groups excluding carboxylic acids is 1. The number of fused-ring (bicyclic) bond motifs is 2. The molecular weight excluding hydrogens is 633 g/mol. The Morgan fingerprint density at radius 1 is 1.10 bits per heavy atom. The molecule has 4 N–H and O–H groups in total. The molecule has 2 saturated heterocycles. The number of amides is 1. The SMILES string of the molecule is O=C(c1cnc2ccccc2c1)N1CCOC2(CCN(Cc3cc(F)cc(CCNC[C@H](O)c4ccc(O)c5[nH]c(=O)sc45)c3)CC2)C1. The summed E-state index contributed by atoms with van der Waals surface area (Å²) >= 11 is 0.952. The first-order chi connectivity index (χ1) is 23.2. The lowest BCUT2D eigenvalue weighted by Gasteiger charge is -2.47. The minimum Gasteiger partial charge on any atom is -0.506 e. The number of piperidine rings is 1. The number of hydrogen-bond donors (Lipinski definition) is 4. The number of halogens is 1. The topological polar surface area (TPSA) is 131 Å². The third kappa shape index (κ3) is 6.99. The lowest BCUT2D eigenvalue weighted by molar-refractivity contribution is -0.127. The van der Waals surface area contributed by atoms with Gasteiger partial charge in [-0.1, -0.05) is 41.7 Å². The van der Waals surface area contributed by atoms with Gasteiger partial charge in [0.1, 0.15) is 17.1 Å². The Labute approximate surface area is 280 Å². The van der Waals surface area contributed by atoms with Gasteiger partial charge in [-0.15, -0.1) is 0 Å². The Balaban J connectivity index is 0.907. The molecule has 12 heteroatoms. The van der Waals surface area contributed by atoms with Crippen molar-refractivity contribution in [2.45, 2.75) is 37.5 Å². The number of phenolic OH excluding ortho intramolecular Hbond substituents is 1. The maximum Gasteiger partial charge on any atom is 0.305 e. The third-order valence-corrected chi connectivity index (χ3v) is 10.4. The molecule has 3 aromatic carbocycles. The number of nitrogens with zero attached hydrogens (tertiary/aromatic N) is 3. The second-order valence-corrected chi connectivity index (χ2v) is 13.8.